The molecule has 2 nitrogen and oxygen atoms in total. The molecule has 0 heterocycles. The summed E-state index contributed by atoms with van der Waals surface area (Å²) in [6.07, 6.45) is 0.931. The molecule has 0 saturated heterocycles. The van der Waals surface area contributed by atoms with Crippen molar-refractivity contribution in [3.63, 3.8) is 0 Å². The predicted molar refractivity (Wildman–Crippen MR) is 62.9 cm³/mol. The van der Waals surface area contributed by atoms with Crippen LogP contribution in [0.15, 0.2) is 18.2 Å². The highest BCUT2D eigenvalue weighted by atomic mass is 35.5. The summed E-state index contributed by atoms with van der Waals surface area (Å²) in [6.45, 7) is 2.02. The Morgan fingerprint density at radius 2 is 2.21 bits per heavy atom. The van der Waals surface area contributed by atoms with Crippen LogP contribution in [0.2, 0.25) is 5.02 Å². The Kier molecular flexibility index (Phi) is 4.42. The first kappa shape index (κ1) is 11.5. The number of halogens is 1. The number of hydrogen-bond donors (Lipinski definition) is 1. The topological polar surface area (TPSA) is 43.1 Å². The van der Waals surface area contributed by atoms with Gasteiger partial charge in [0.05, 0.1) is 5.75 Å². The molecule has 0 aliphatic carbocycles. The second kappa shape index (κ2) is 5.37. The molecular formula is C10H14ClNOS. The molecule has 1 atom stereocenters. The predicted octanol–water partition coefficient (Wildman–Crippen LogP) is 2.58. The van der Waals surface area contributed by atoms with Crippen molar-refractivity contribution >= 4 is 28.1 Å². The minimum atomic E-state index is -0.811. The monoisotopic (exact) mass is 231 g/mol. The summed E-state index contributed by atoms with van der Waals surface area (Å²) in [6, 6.07) is 5.31. The Hall–Kier alpha value is -0.540. The van der Waals surface area contributed by atoms with Gasteiger partial charge in [0.2, 0.25) is 0 Å². The average Bonchev–Trinajstić information content (AvgIpc) is 2.10. The van der Waals surface area contributed by atoms with Crippen LogP contribution in [0, 0.1) is 0 Å². The van der Waals surface area contributed by atoms with E-state index in [2.05, 4.69) is 0 Å². The quantitative estimate of drug-likeness (QED) is 0.810. The lowest BCUT2D eigenvalue weighted by Crippen LogP contribution is -2.02. The summed E-state index contributed by atoms with van der Waals surface area (Å²) in [7, 11) is -0.811. The number of rotatable bonds is 4. The van der Waals surface area contributed by atoms with E-state index < -0.39 is 10.8 Å². The number of benzene rings is 1. The van der Waals surface area contributed by atoms with Crippen molar-refractivity contribution in [1.82, 2.24) is 0 Å². The van der Waals surface area contributed by atoms with Crippen molar-refractivity contribution in [2.24, 2.45) is 0 Å². The number of nitrogens with two attached hydrogens (primary N) is 1. The Labute approximate surface area is 91.9 Å². The molecule has 1 aromatic carbocycles. The standard InChI is InChI=1S/C10H14ClNOS/c1-2-5-14(13)7-8-3-4-9(11)6-10(8)12/h3-4,6H,2,5,7,12H2,1H3. The van der Waals surface area contributed by atoms with E-state index in [4.69, 9.17) is 17.3 Å². The van der Waals surface area contributed by atoms with Gasteiger partial charge in [0.15, 0.2) is 0 Å². The Morgan fingerprint density at radius 3 is 2.79 bits per heavy atom. The summed E-state index contributed by atoms with van der Waals surface area (Å²) < 4.78 is 11.5. The van der Waals surface area contributed by atoms with Gasteiger partial charge < -0.3 is 5.73 Å². The van der Waals surface area contributed by atoms with Gasteiger partial charge in [-0.2, -0.15) is 0 Å². The van der Waals surface area contributed by atoms with Gasteiger partial charge in [0.25, 0.3) is 0 Å². The highest BCUT2D eigenvalue weighted by molar-refractivity contribution is 7.84. The molecule has 0 spiro atoms. The fourth-order valence-electron chi connectivity index (χ4n) is 1.17. The highest BCUT2D eigenvalue weighted by Gasteiger charge is 2.04. The van der Waals surface area contributed by atoms with Crippen LogP contribution in [-0.4, -0.2) is 9.96 Å². The largest absolute Gasteiger partial charge is 0.398 e. The summed E-state index contributed by atoms with van der Waals surface area (Å²) >= 11 is 5.76. The summed E-state index contributed by atoms with van der Waals surface area (Å²) in [5.41, 5.74) is 7.29. The van der Waals surface area contributed by atoms with Gasteiger partial charge in [0, 0.05) is 27.3 Å². The zero-order valence-corrected chi connectivity index (χ0v) is 9.70. The lowest BCUT2D eigenvalue weighted by Gasteiger charge is -2.05. The summed E-state index contributed by atoms with van der Waals surface area (Å²) in [5.74, 6) is 1.25. The fourth-order valence-corrected chi connectivity index (χ4v) is 2.56. The molecule has 4 heteroatoms. The zero-order chi connectivity index (χ0) is 10.6. The fraction of sp³-hybridized carbons (Fsp3) is 0.400. The molecule has 0 bridgehead atoms. The Bertz CT molecular complexity index is 341. The van der Waals surface area contributed by atoms with Gasteiger partial charge >= 0.3 is 0 Å². The minimum Gasteiger partial charge on any atom is -0.398 e. The molecular weight excluding hydrogens is 218 g/mol. The van der Waals surface area contributed by atoms with Gasteiger partial charge in [0.1, 0.15) is 0 Å². The Balaban J connectivity index is 2.72. The van der Waals surface area contributed by atoms with E-state index >= 15 is 0 Å². The molecule has 1 aromatic rings. The Morgan fingerprint density at radius 1 is 1.50 bits per heavy atom. The van der Waals surface area contributed by atoms with Gasteiger partial charge in [-0.1, -0.05) is 24.6 Å². The third-order valence-electron chi connectivity index (χ3n) is 1.86. The van der Waals surface area contributed by atoms with Crippen LogP contribution in [0.1, 0.15) is 18.9 Å². The van der Waals surface area contributed by atoms with Crippen LogP contribution < -0.4 is 5.73 Å². The maximum Gasteiger partial charge on any atom is 0.0505 e. The number of anilines is 1. The lowest BCUT2D eigenvalue weighted by molar-refractivity contribution is 0.681. The van der Waals surface area contributed by atoms with Gasteiger partial charge in [-0.05, 0) is 24.1 Å². The van der Waals surface area contributed by atoms with Crippen molar-refractivity contribution in [2.75, 3.05) is 11.5 Å². The first-order chi connectivity index (χ1) is 6.63. The lowest BCUT2D eigenvalue weighted by atomic mass is 10.2. The van der Waals surface area contributed by atoms with Crippen LogP contribution in [-0.2, 0) is 16.6 Å². The molecule has 0 saturated carbocycles. The average molecular weight is 232 g/mol. The maximum absolute atomic E-state index is 11.5. The molecule has 0 amide bonds. The molecule has 2 N–H and O–H groups in total. The van der Waals surface area contributed by atoms with Crippen molar-refractivity contribution in [3.8, 4) is 0 Å². The van der Waals surface area contributed by atoms with Gasteiger partial charge in [-0.25, -0.2) is 0 Å². The maximum atomic E-state index is 11.5. The summed E-state index contributed by atoms with van der Waals surface area (Å²) in [4.78, 5) is 0. The van der Waals surface area contributed by atoms with Gasteiger partial charge in [-0.3, -0.25) is 4.21 Å². The first-order valence-corrected chi connectivity index (χ1v) is 6.39. The van der Waals surface area contributed by atoms with Crippen molar-refractivity contribution < 1.29 is 4.21 Å². The van der Waals surface area contributed by atoms with E-state index in [9.17, 15) is 4.21 Å². The smallest absolute Gasteiger partial charge is 0.0505 e. The third-order valence-corrected chi connectivity index (χ3v) is 3.59. The zero-order valence-electron chi connectivity index (χ0n) is 8.13. The summed E-state index contributed by atoms with van der Waals surface area (Å²) in [5, 5.41) is 0.618. The highest BCUT2D eigenvalue weighted by Crippen LogP contribution is 2.19. The molecule has 78 valence electrons. The van der Waals surface area contributed by atoms with E-state index in [-0.39, 0.29) is 0 Å². The van der Waals surface area contributed by atoms with E-state index in [1.54, 1.807) is 12.1 Å². The van der Waals surface area contributed by atoms with Crippen molar-refractivity contribution in [1.29, 1.82) is 0 Å². The second-order valence-electron chi connectivity index (χ2n) is 3.13. The van der Waals surface area contributed by atoms with Crippen molar-refractivity contribution in [2.45, 2.75) is 19.1 Å². The van der Waals surface area contributed by atoms with Crippen LogP contribution in [0.25, 0.3) is 0 Å². The molecule has 1 rings (SSSR count). The van der Waals surface area contributed by atoms with Gasteiger partial charge in [-0.15, -0.1) is 0 Å². The number of hydrogen-bond acceptors (Lipinski definition) is 2. The number of nitrogen functional groups attached to an aromatic ring is 1. The normalized spacial score (nSPS) is 12.7. The third kappa shape index (κ3) is 3.31. The van der Waals surface area contributed by atoms with Crippen molar-refractivity contribution in [3.05, 3.63) is 28.8 Å². The minimum absolute atomic E-state index is 0.525. The molecule has 0 aliphatic rings. The molecule has 0 fully saturated rings. The van der Waals surface area contributed by atoms with E-state index in [1.807, 2.05) is 13.0 Å². The first-order valence-electron chi connectivity index (χ1n) is 4.52. The van der Waals surface area contributed by atoms with E-state index in [0.29, 0.717) is 16.5 Å². The van der Waals surface area contributed by atoms with E-state index in [1.165, 1.54) is 0 Å². The second-order valence-corrected chi connectivity index (χ2v) is 5.14. The van der Waals surface area contributed by atoms with Crippen LogP contribution in [0.4, 0.5) is 5.69 Å². The molecule has 14 heavy (non-hydrogen) atoms. The van der Waals surface area contributed by atoms with Crippen LogP contribution in [0.5, 0.6) is 0 Å². The molecule has 0 aromatic heterocycles. The van der Waals surface area contributed by atoms with Crippen LogP contribution >= 0.6 is 11.6 Å². The molecule has 1 unspecified atom stereocenters. The molecule has 0 radical (unpaired) electrons. The SMILES string of the molecule is CCCS(=O)Cc1ccc(Cl)cc1N. The van der Waals surface area contributed by atoms with E-state index in [0.717, 1.165) is 17.7 Å². The van der Waals surface area contributed by atoms with Crippen LogP contribution in [0.3, 0.4) is 0 Å². The molecule has 0 aliphatic heterocycles.